The lowest BCUT2D eigenvalue weighted by molar-refractivity contribution is -0.120. The molecule has 2 rings (SSSR count). The number of hydrogen-bond acceptors (Lipinski definition) is 3. The molecule has 0 radical (unpaired) electrons. The minimum Gasteiger partial charge on any atom is -0.352 e. The Morgan fingerprint density at radius 3 is 2.62 bits per heavy atom. The normalized spacial score (nSPS) is 21.6. The molecule has 5 heteroatoms. The van der Waals surface area contributed by atoms with Crippen LogP contribution in [0.15, 0.2) is 24.3 Å². The average molecular weight is 289 g/mol. The molecule has 0 saturated carbocycles. The third-order valence-corrected chi connectivity index (χ3v) is 3.75. The lowest BCUT2D eigenvalue weighted by atomic mass is 9.92. The Morgan fingerprint density at radius 1 is 1.29 bits per heavy atom. The maximum atomic E-state index is 12.2. The SMILES string of the molecule is CCNC(=O)c1ccc(NC(=O)[C@H]2CCN[C@@H](C)C2)cc1. The summed E-state index contributed by atoms with van der Waals surface area (Å²) >= 11 is 0. The van der Waals surface area contributed by atoms with Crippen molar-refractivity contribution in [3.05, 3.63) is 29.8 Å². The number of carbonyl (C=O) groups excluding carboxylic acids is 2. The Labute approximate surface area is 125 Å². The van der Waals surface area contributed by atoms with Crippen LogP contribution in [0.5, 0.6) is 0 Å². The van der Waals surface area contributed by atoms with Crippen LogP contribution in [0.2, 0.25) is 0 Å². The lowest BCUT2D eigenvalue weighted by Gasteiger charge is -2.27. The van der Waals surface area contributed by atoms with Crippen molar-refractivity contribution >= 4 is 17.5 Å². The molecular weight excluding hydrogens is 266 g/mol. The summed E-state index contributed by atoms with van der Waals surface area (Å²) in [7, 11) is 0. The number of carbonyl (C=O) groups is 2. The largest absolute Gasteiger partial charge is 0.352 e. The number of rotatable bonds is 4. The highest BCUT2D eigenvalue weighted by atomic mass is 16.2. The fraction of sp³-hybridized carbons (Fsp3) is 0.500. The van der Waals surface area contributed by atoms with E-state index >= 15 is 0 Å². The van der Waals surface area contributed by atoms with E-state index in [1.165, 1.54) is 0 Å². The molecule has 114 valence electrons. The standard InChI is InChI=1S/C16H23N3O2/c1-3-17-15(20)12-4-6-14(7-5-12)19-16(21)13-8-9-18-11(2)10-13/h4-7,11,13,18H,3,8-10H2,1-2H3,(H,17,20)(H,19,21)/t11-,13-/m0/s1. The van der Waals surface area contributed by atoms with E-state index < -0.39 is 0 Å². The Balaban J connectivity index is 1.93. The molecule has 21 heavy (non-hydrogen) atoms. The summed E-state index contributed by atoms with van der Waals surface area (Å²) < 4.78 is 0. The summed E-state index contributed by atoms with van der Waals surface area (Å²) in [5.41, 5.74) is 1.34. The molecule has 5 nitrogen and oxygen atoms in total. The van der Waals surface area contributed by atoms with Crippen LogP contribution < -0.4 is 16.0 Å². The van der Waals surface area contributed by atoms with Gasteiger partial charge in [0.25, 0.3) is 5.91 Å². The van der Waals surface area contributed by atoms with E-state index in [1.807, 2.05) is 6.92 Å². The van der Waals surface area contributed by atoms with Crippen LogP contribution in [-0.2, 0) is 4.79 Å². The molecule has 1 heterocycles. The zero-order chi connectivity index (χ0) is 15.2. The van der Waals surface area contributed by atoms with Crippen LogP contribution >= 0.6 is 0 Å². The van der Waals surface area contributed by atoms with Gasteiger partial charge in [0.15, 0.2) is 0 Å². The number of nitrogens with one attached hydrogen (secondary N) is 3. The monoisotopic (exact) mass is 289 g/mol. The predicted octanol–water partition coefficient (Wildman–Crippen LogP) is 1.76. The van der Waals surface area contributed by atoms with Crippen molar-refractivity contribution in [1.82, 2.24) is 10.6 Å². The number of benzene rings is 1. The lowest BCUT2D eigenvalue weighted by Crippen LogP contribution is -2.40. The number of hydrogen-bond donors (Lipinski definition) is 3. The Hall–Kier alpha value is -1.88. The van der Waals surface area contributed by atoms with Crippen molar-refractivity contribution in [2.45, 2.75) is 32.7 Å². The van der Waals surface area contributed by atoms with Crippen LogP contribution in [-0.4, -0.2) is 30.9 Å². The molecule has 1 aliphatic rings. The molecule has 0 bridgehead atoms. The second-order valence-corrected chi connectivity index (χ2v) is 5.50. The van der Waals surface area contributed by atoms with Crippen molar-refractivity contribution in [2.24, 2.45) is 5.92 Å². The highest BCUT2D eigenvalue weighted by molar-refractivity contribution is 5.96. The molecule has 0 aromatic heterocycles. The third kappa shape index (κ3) is 4.29. The maximum absolute atomic E-state index is 12.2. The average Bonchev–Trinajstić information content (AvgIpc) is 2.48. The first kappa shape index (κ1) is 15.5. The quantitative estimate of drug-likeness (QED) is 0.791. The predicted molar refractivity (Wildman–Crippen MR) is 83.3 cm³/mol. The number of amides is 2. The van der Waals surface area contributed by atoms with Crippen molar-refractivity contribution in [2.75, 3.05) is 18.4 Å². The maximum Gasteiger partial charge on any atom is 0.251 e. The van der Waals surface area contributed by atoms with Gasteiger partial charge in [-0.15, -0.1) is 0 Å². The van der Waals surface area contributed by atoms with Gasteiger partial charge >= 0.3 is 0 Å². The molecule has 2 amide bonds. The molecule has 1 aromatic rings. The van der Waals surface area contributed by atoms with Gasteiger partial charge in [0.05, 0.1) is 0 Å². The van der Waals surface area contributed by atoms with E-state index in [0.717, 1.165) is 25.1 Å². The topological polar surface area (TPSA) is 70.2 Å². The summed E-state index contributed by atoms with van der Waals surface area (Å²) in [6.45, 7) is 5.47. The van der Waals surface area contributed by atoms with E-state index in [-0.39, 0.29) is 17.7 Å². The summed E-state index contributed by atoms with van der Waals surface area (Å²) in [6, 6.07) is 7.38. The van der Waals surface area contributed by atoms with Crippen LogP contribution in [0.25, 0.3) is 0 Å². The number of piperidine rings is 1. The summed E-state index contributed by atoms with van der Waals surface area (Å²) in [4.78, 5) is 23.9. The number of anilines is 1. The van der Waals surface area contributed by atoms with Crippen molar-refractivity contribution in [3.8, 4) is 0 Å². The van der Waals surface area contributed by atoms with Gasteiger partial charge in [0.1, 0.15) is 0 Å². The van der Waals surface area contributed by atoms with Gasteiger partial charge < -0.3 is 16.0 Å². The molecule has 0 unspecified atom stereocenters. The van der Waals surface area contributed by atoms with Gasteiger partial charge in [-0.3, -0.25) is 9.59 Å². The molecule has 1 saturated heterocycles. The second-order valence-electron chi connectivity index (χ2n) is 5.50. The summed E-state index contributed by atoms with van der Waals surface area (Å²) in [5.74, 6) is 0.0287. The zero-order valence-corrected chi connectivity index (χ0v) is 12.6. The van der Waals surface area contributed by atoms with E-state index in [4.69, 9.17) is 0 Å². The Kier molecular flexibility index (Phi) is 5.33. The van der Waals surface area contributed by atoms with E-state index in [2.05, 4.69) is 22.9 Å². The van der Waals surface area contributed by atoms with E-state index in [0.29, 0.717) is 18.2 Å². The van der Waals surface area contributed by atoms with Gasteiger partial charge in [-0.2, -0.15) is 0 Å². The van der Waals surface area contributed by atoms with E-state index in [1.54, 1.807) is 24.3 Å². The zero-order valence-electron chi connectivity index (χ0n) is 12.6. The molecule has 1 aliphatic heterocycles. The highest BCUT2D eigenvalue weighted by Gasteiger charge is 2.24. The van der Waals surface area contributed by atoms with Crippen LogP contribution in [0.1, 0.15) is 37.0 Å². The molecule has 3 N–H and O–H groups in total. The van der Waals surface area contributed by atoms with E-state index in [9.17, 15) is 9.59 Å². The van der Waals surface area contributed by atoms with Crippen molar-refractivity contribution < 1.29 is 9.59 Å². The highest BCUT2D eigenvalue weighted by Crippen LogP contribution is 2.19. The first-order valence-corrected chi connectivity index (χ1v) is 7.52. The van der Waals surface area contributed by atoms with Gasteiger partial charge in [-0.05, 0) is 57.5 Å². The first-order chi connectivity index (χ1) is 10.1. The van der Waals surface area contributed by atoms with Crippen LogP contribution in [0.3, 0.4) is 0 Å². The molecule has 1 fully saturated rings. The molecule has 0 aliphatic carbocycles. The van der Waals surface area contributed by atoms with Gasteiger partial charge in [0.2, 0.25) is 5.91 Å². The van der Waals surface area contributed by atoms with Crippen LogP contribution in [0, 0.1) is 5.92 Å². The second kappa shape index (κ2) is 7.22. The Morgan fingerprint density at radius 2 is 2.00 bits per heavy atom. The summed E-state index contributed by atoms with van der Waals surface area (Å²) in [5, 5.41) is 9.02. The van der Waals surface area contributed by atoms with Crippen LogP contribution in [0.4, 0.5) is 5.69 Å². The summed E-state index contributed by atoms with van der Waals surface area (Å²) in [6.07, 6.45) is 1.73. The third-order valence-electron chi connectivity index (χ3n) is 3.75. The van der Waals surface area contributed by atoms with Crippen molar-refractivity contribution in [1.29, 1.82) is 0 Å². The minimum absolute atomic E-state index is 0.0596. The molecule has 1 aromatic carbocycles. The van der Waals surface area contributed by atoms with Gasteiger partial charge in [-0.25, -0.2) is 0 Å². The van der Waals surface area contributed by atoms with Crippen molar-refractivity contribution in [3.63, 3.8) is 0 Å². The smallest absolute Gasteiger partial charge is 0.251 e. The Bertz CT molecular complexity index is 499. The van der Waals surface area contributed by atoms with Gasteiger partial charge in [-0.1, -0.05) is 0 Å². The fourth-order valence-electron chi connectivity index (χ4n) is 2.58. The molecule has 2 atom stereocenters. The molecule has 0 spiro atoms. The van der Waals surface area contributed by atoms with Gasteiger partial charge in [0, 0.05) is 29.8 Å². The molecular formula is C16H23N3O2. The minimum atomic E-state index is -0.0949. The first-order valence-electron chi connectivity index (χ1n) is 7.52. The fourth-order valence-corrected chi connectivity index (χ4v) is 2.58.